The molecule has 0 aromatic heterocycles. The molecule has 1 aliphatic carbocycles. The van der Waals surface area contributed by atoms with Crippen LogP contribution in [0, 0.1) is 5.41 Å². The molecule has 1 fully saturated rings. The Balaban J connectivity index is 2.11. The number of sulfonamides is 1. The van der Waals surface area contributed by atoms with Gasteiger partial charge in [0, 0.05) is 6.54 Å². The van der Waals surface area contributed by atoms with Crippen molar-refractivity contribution >= 4 is 15.7 Å². The molecule has 112 valence electrons. The molecule has 0 bridgehead atoms. The molecule has 5 nitrogen and oxygen atoms in total. The lowest BCUT2D eigenvalue weighted by Gasteiger charge is -2.33. The molecule has 1 aromatic rings. The highest BCUT2D eigenvalue weighted by Crippen LogP contribution is 2.35. The lowest BCUT2D eigenvalue weighted by atomic mass is 9.76. The highest BCUT2D eigenvalue weighted by molar-refractivity contribution is 7.89. The number of hydrazine groups is 1. The van der Waals surface area contributed by atoms with Gasteiger partial charge in [-0.05, 0) is 30.4 Å². The average Bonchev–Trinajstić information content (AvgIpc) is 2.46. The summed E-state index contributed by atoms with van der Waals surface area (Å²) in [4.78, 5) is 0.196. The number of nitrogen functional groups attached to an aromatic ring is 1. The maximum Gasteiger partial charge on any atom is 0.242 e. The van der Waals surface area contributed by atoms with Gasteiger partial charge in [-0.1, -0.05) is 38.3 Å². The topological polar surface area (TPSA) is 84.2 Å². The smallest absolute Gasteiger partial charge is 0.242 e. The molecular formula is C14H23N3O2S. The molecule has 1 aromatic carbocycles. The Morgan fingerprint density at radius 2 is 1.85 bits per heavy atom. The molecule has 0 amide bonds. The minimum absolute atomic E-state index is 0.0659. The van der Waals surface area contributed by atoms with Crippen molar-refractivity contribution in [2.24, 2.45) is 11.3 Å². The first kappa shape index (κ1) is 15.3. The standard InChI is InChI=1S/C14H23N3O2S/c1-14(9-5-2-6-10-14)11-16-20(18,19)13-8-4-3-7-12(13)17-15/h3-4,7-8,16-17H,2,5-6,9-11,15H2,1H3. The van der Waals surface area contributed by atoms with Crippen molar-refractivity contribution in [1.82, 2.24) is 4.72 Å². The van der Waals surface area contributed by atoms with Crippen LogP contribution in [0.1, 0.15) is 39.0 Å². The minimum atomic E-state index is -3.53. The van der Waals surface area contributed by atoms with E-state index in [-0.39, 0.29) is 10.3 Å². The van der Waals surface area contributed by atoms with E-state index in [0.29, 0.717) is 12.2 Å². The van der Waals surface area contributed by atoms with Crippen LogP contribution in [-0.2, 0) is 10.0 Å². The summed E-state index contributed by atoms with van der Waals surface area (Å²) in [5.41, 5.74) is 2.91. The minimum Gasteiger partial charge on any atom is -0.323 e. The maximum atomic E-state index is 12.4. The third-order valence-corrected chi connectivity index (χ3v) is 5.54. The first-order valence-electron chi connectivity index (χ1n) is 7.02. The molecule has 0 heterocycles. The summed E-state index contributed by atoms with van der Waals surface area (Å²) in [6.07, 6.45) is 5.76. The van der Waals surface area contributed by atoms with Crippen LogP contribution >= 0.6 is 0 Å². The second-order valence-electron chi connectivity index (χ2n) is 5.84. The molecule has 1 aliphatic rings. The van der Waals surface area contributed by atoms with Gasteiger partial charge in [0.05, 0.1) is 5.69 Å². The molecule has 0 spiro atoms. The van der Waals surface area contributed by atoms with Crippen molar-refractivity contribution in [1.29, 1.82) is 0 Å². The Hall–Kier alpha value is -1.11. The molecule has 0 unspecified atom stereocenters. The first-order chi connectivity index (χ1) is 9.47. The van der Waals surface area contributed by atoms with Crippen LogP contribution < -0.4 is 16.0 Å². The molecule has 1 saturated carbocycles. The highest BCUT2D eigenvalue weighted by atomic mass is 32.2. The summed E-state index contributed by atoms with van der Waals surface area (Å²) in [5.74, 6) is 5.37. The number of para-hydroxylation sites is 1. The second-order valence-corrected chi connectivity index (χ2v) is 7.57. The van der Waals surface area contributed by atoms with Crippen molar-refractivity contribution in [3.05, 3.63) is 24.3 Å². The molecule has 20 heavy (non-hydrogen) atoms. The SMILES string of the molecule is CC1(CNS(=O)(=O)c2ccccc2NN)CCCCC1. The zero-order chi connectivity index (χ0) is 14.6. The van der Waals surface area contributed by atoms with E-state index in [0.717, 1.165) is 12.8 Å². The highest BCUT2D eigenvalue weighted by Gasteiger charge is 2.29. The summed E-state index contributed by atoms with van der Waals surface area (Å²) >= 11 is 0. The van der Waals surface area contributed by atoms with E-state index >= 15 is 0 Å². The van der Waals surface area contributed by atoms with Gasteiger partial charge in [0.25, 0.3) is 0 Å². The van der Waals surface area contributed by atoms with Gasteiger partial charge in [0.15, 0.2) is 0 Å². The maximum absolute atomic E-state index is 12.4. The number of benzene rings is 1. The van der Waals surface area contributed by atoms with Crippen molar-refractivity contribution in [2.75, 3.05) is 12.0 Å². The molecule has 4 N–H and O–H groups in total. The zero-order valence-electron chi connectivity index (χ0n) is 11.9. The van der Waals surface area contributed by atoms with Gasteiger partial charge in [0.2, 0.25) is 10.0 Å². The van der Waals surface area contributed by atoms with Crippen LogP contribution in [0.4, 0.5) is 5.69 Å². The first-order valence-corrected chi connectivity index (χ1v) is 8.50. The van der Waals surface area contributed by atoms with E-state index in [9.17, 15) is 8.42 Å². The molecule has 0 saturated heterocycles. The van der Waals surface area contributed by atoms with Crippen molar-refractivity contribution in [3.63, 3.8) is 0 Å². The van der Waals surface area contributed by atoms with Gasteiger partial charge in [0.1, 0.15) is 4.90 Å². The predicted octanol–water partition coefficient (Wildman–Crippen LogP) is 2.22. The van der Waals surface area contributed by atoms with Crippen molar-refractivity contribution < 1.29 is 8.42 Å². The third kappa shape index (κ3) is 3.50. The fourth-order valence-corrected chi connectivity index (χ4v) is 4.12. The third-order valence-electron chi connectivity index (χ3n) is 4.08. The normalized spacial score (nSPS) is 18.7. The average molecular weight is 297 g/mol. The van der Waals surface area contributed by atoms with Gasteiger partial charge in [-0.15, -0.1) is 0 Å². The van der Waals surface area contributed by atoms with Crippen LogP contribution in [0.15, 0.2) is 29.2 Å². The molecule has 2 rings (SSSR count). The van der Waals surface area contributed by atoms with Gasteiger partial charge in [-0.3, -0.25) is 5.84 Å². The lowest BCUT2D eigenvalue weighted by molar-refractivity contribution is 0.219. The van der Waals surface area contributed by atoms with Gasteiger partial charge in [-0.2, -0.15) is 0 Å². The quantitative estimate of drug-likeness (QED) is 0.575. The van der Waals surface area contributed by atoms with Gasteiger partial charge in [-0.25, -0.2) is 13.1 Å². The number of rotatable bonds is 5. The molecular weight excluding hydrogens is 274 g/mol. The number of hydrogen-bond donors (Lipinski definition) is 3. The Morgan fingerprint density at radius 1 is 1.20 bits per heavy atom. The fourth-order valence-electron chi connectivity index (χ4n) is 2.75. The van der Waals surface area contributed by atoms with Crippen LogP contribution in [0.2, 0.25) is 0 Å². The number of nitrogens with two attached hydrogens (primary N) is 1. The summed E-state index contributed by atoms with van der Waals surface area (Å²) in [7, 11) is -3.53. The van der Waals surface area contributed by atoms with Crippen LogP contribution in [-0.4, -0.2) is 15.0 Å². The van der Waals surface area contributed by atoms with Crippen molar-refractivity contribution in [2.45, 2.75) is 43.9 Å². The second kappa shape index (κ2) is 6.11. The Kier molecular flexibility index (Phi) is 4.67. The Labute approximate surface area is 121 Å². The van der Waals surface area contributed by atoms with E-state index in [2.05, 4.69) is 17.1 Å². The summed E-state index contributed by atoms with van der Waals surface area (Å²) < 4.78 is 27.5. The molecule has 6 heteroatoms. The van der Waals surface area contributed by atoms with Gasteiger partial charge >= 0.3 is 0 Å². The van der Waals surface area contributed by atoms with E-state index in [1.165, 1.54) is 19.3 Å². The number of nitrogens with one attached hydrogen (secondary N) is 2. The largest absolute Gasteiger partial charge is 0.323 e. The van der Waals surface area contributed by atoms with Crippen LogP contribution in [0.3, 0.4) is 0 Å². The number of hydrogen-bond acceptors (Lipinski definition) is 4. The van der Waals surface area contributed by atoms with Gasteiger partial charge < -0.3 is 5.43 Å². The van der Waals surface area contributed by atoms with Crippen LogP contribution in [0.5, 0.6) is 0 Å². The van der Waals surface area contributed by atoms with E-state index in [1.54, 1.807) is 24.3 Å². The lowest BCUT2D eigenvalue weighted by Crippen LogP contribution is -2.37. The van der Waals surface area contributed by atoms with E-state index < -0.39 is 10.0 Å². The zero-order valence-corrected chi connectivity index (χ0v) is 12.7. The predicted molar refractivity (Wildman–Crippen MR) is 80.6 cm³/mol. The van der Waals surface area contributed by atoms with Crippen LogP contribution in [0.25, 0.3) is 0 Å². The molecule has 0 atom stereocenters. The summed E-state index contributed by atoms with van der Waals surface area (Å²) in [6.45, 7) is 2.63. The summed E-state index contributed by atoms with van der Waals surface area (Å²) in [5, 5.41) is 0. The monoisotopic (exact) mass is 297 g/mol. The van der Waals surface area contributed by atoms with E-state index in [4.69, 9.17) is 5.84 Å². The van der Waals surface area contributed by atoms with Crippen molar-refractivity contribution in [3.8, 4) is 0 Å². The summed E-state index contributed by atoms with van der Waals surface area (Å²) in [6, 6.07) is 6.64. The molecule has 0 aliphatic heterocycles. The Bertz CT molecular complexity index is 551. The number of anilines is 1. The Morgan fingerprint density at radius 3 is 2.50 bits per heavy atom. The van der Waals surface area contributed by atoms with E-state index in [1.807, 2.05) is 0 Å². The molecule has 0 radical (unpaired) electrons. The fraction of sp³-hybridized carbons (Fsp3) is 0.571.